The van der Waals surface area contributed by atoms with E-state index in [1.54, 1.807) is 18.2 Å². The average molecular weight is 258 g/mol. The summed E-state index contributed by atoms with van der Waals surface area (Å²) in [6.45, 7) is 0. The number of rotatable bonds is 4. The summed E-state index contributed by atoms with van der Waals surface area (Å²) in [5.74, 6) is -1.25. The minimum absolute atomic E-state index is 0.144. The van der Waals surface area contributed by atoms with E-state index in [2.05, 4.69) is 4.98 Å². The molecular formula is C13H10N2O4. The first kappa shape index (κ1) is 12.6. The molecule has 0 bridgehead atoms. The molecule has 2 aromatic rings. The van der Waals surface area contributed by atoms with Crippen LogP contribution < -0.4 is 10.5 Å². The van der Waals surface area contributed by atoms with Crippen LogP contribution in [0, 0.1) is 0 Å². The zero-order valence-corrected chi connectivity index (χ0v) is 9.74. The quantitative estimate of drug-likeness (QED) is 0.868. The van der Waals surface area contributed by atoms with Crippen molar-refractivity contribution in [3.8, 4) is 11.5 Å². The standard InChI is InChI=1S/C13H10N2O4/c14-12(16)9-3-1-2-4-11(9)19-8-5-6-15-10(7-8)13(17)18/h1-7H,(H2,14,16)(H,17,18). The lowest BCUT2D eigenvalue weighted by Crippen LogP contribution is -2.12. The number of aromatic nitrogens is 1. The number of carboxylic acid groups (broad SMARTS) is 1. The van der Waals surface area contributed by atoms with Gasteiger partial charge in [-0.1, -0.05) is 12.1 Å². The molecule has 6 heteroatoms. The van der Waals surface area contributed by atoms with Gasteiger partial charge in [0.25, 0.3) is 5.91 Å². The second-order valence-corrected chi connectivity index (χ2v) is 3.64. The van der Waals surface area contributed by atoms with Gasteiger partial charge >= 0.3 is 5.97 Å². The topological polar surface area (TPSA) is 103 Å². The number of hydrogen-bond acceptors (Lipinski definition) is 4. The van der Waals surface area contributed by atoms with Gasteiger partial charge in [0, 0.05) is 12.3 Å². The van der Waals surface area contributed by atoms with Crippen molar-refractivity contribution >= 4 is 11.9 Å². The van der Waals surface area contributed by atoms with E-state index in [0.29, 0.717) is 0 Å². The third-order valence-electron chi connectivity index (χ3n) is 2.33. The number of carboxylic acids is 1. The summed E-state index contributed by atoms with van der Waals surface area (Å²) in [7, 11) is 0. The summed E-state index contributed by atoms with van der Waals surface area (Å²) in [5.41, 5.74) is 5.30. The molecule has 1 aromatic heterocycles. The van der Waals surface area contributed by atoms with E-state index < -0.39 is 11.9 Å². The number of nitrogens with two attached hydrogens (primary N) is 1. The predicted molar refractivity (Wildman–Crippen MR) is 66.2 cm³/mol. The van der Waals surface area contributed by atoms with Crippen LogP contribution >= 0.6 is 0 Å². The zero-order valence-electron chi connectivity index (χ0n) is 9.74. The third-order valence-corrected chi connectivity index (χ3v) is 2.33. The molecule has 0 aliphatic heterocycles. The molecule has 1 heterocycles. The number of primary amides is 1. The highest BCUT2D eigenvalue weighted by atomic mass is 16.5. The normalized spacial score (nSPS) is 9.89. The summed E-state index contributed by atoms with van der Waals surface area (Å²) < 4.78 is 5.46. The highest BCUT2D eigenvalue weighted by Gasteiger charge is 2.11. The van der Waals surface area contributed by atoms with Crippen molar-refractivity contribution in [2.45, 2.75) is 0 Å². The molecule has 0 aliphatic rings. The summed E-state index contributed by atoms with van der Waals surface area (Å²) in [5, 5.41) is 8.83. The van der Waals surface area contributed by atoms with Gasteiger partial charge in [0.2, 0.25) is 0 Å². The number of hydrogen-bond donors (Lipinski definition) is 2. The molecule has 0 unspecified atom stereocenters. The predicted octanol–water partition coefficient (Wildman–Crippen LogP) is 1.67. The number of para-hydroxylation sites is 1. The number of pyridine rings is 1. The van der Waals surface area contributed by atoms with Crippen LogP contribution in [0.25, 0.3) is 0 Å². The number of amides is 1. The maximum absolute atomic E-state index is 11.2. The van der Waals surface area contributed by atoms with E-state index in [1.165, 1.54) is 24.4 Å². The highest BCUT2D eigenvalue weighted by molar-refractivity contribution is 5.95. The molecule has 0 radical (unpaired) electrons. The van der Waals surface area contributed by atoms with Crippen LogP contribution in [-0.4, -0.2) is 22.0 Å². The maximum atomic E-state index is 11.2. The zero-order chi connectivity index (χ0) is 13.8. The number of carbonyl (C=O) groups is 2. The lowest BCUT2D eigenvalue weighted by Gasteiger charge is -2.08. The number of ether oxygens (including phenoxy) is 1. The van der Waals surface area contributed by atoms with Crippen LogP contribution in [0.1, 0.15) is 20.8 Å². The Balaban J connectivity index is 2.34. The molecule has 1 amide bonds. The van der Waals surface area contributed by atoms with Crippen molar-refractivity contribution in [1.82, 2.24) is 4.98 Å². The second-order valence-electron chi connectivity index (χ2n) is 3.64. The Labute approximate surface area is 108 Å². The molecule has 0 saturated heterocycles. The third kappa shape index (κ3) is 2.86. The van der Waals surface area contributed by atoms with Gasteiger partial charge in [-0.15, -0.1) is 0 Å². The summed E-state index contributed by atoms with van der Waals surface area (Å²) in [6.07, 6.45) is 1.31. The summed E-state index contributed by atoms with van der Waals surface area (Å²) >= 11 is 0. The van der Waals surface area contributed by atoms with Gasteiger partial charge in [-0.25, -0.2) is 9.78 Å². The van der Waals surface area contributed by atoms with E-state index in [4.69, 9.17) is 15.6 Å². The van der Waals surface area contributed by atoms with Gasteiger partial charge < -0.3 is 15.6 Å². The van der Waals surface area contributed by atoms with Crippen molar-refractivity contribution in [1.29, 1.82) is 0 Å². The fourth-order valence-corrected chi connectivity index (χ4v) is 1.48. The maximum Gasteiger partial charge on any atom is 0.354 e. The fraction of sp³-hybridized carbons (Fsp3) is 0. The average Bonchev–Trinajstić information content (AvgIpc) is 2.39. The largest absolute Gasteiger partial charge is 0.477 e. The molecule has 3 N–H and O–H groups in total. The van der Waals surface area contributed by atoms with Crippen molar-refractivity contribution in [3.63, 3.8) is 0 Å². The van der Waals surface area contributed by atoms with Gasteiger partial charge in [-0.2, -0.15) is 0 Å². The lowest BCUT2D eigenvalue weighted by atomic mass is 10.2. The second kappa shape index (κ2) is 5.18. The molecule has 2 rings (SSSR count). The van der Waals surface area contributed by atoms with E-state index in [9.17, 15) is 9.59 Å². The lowest BCUT2D eigenvalue weighted by molar-refractivity contribution is 0.0689. The van der Waals surface area contributed by atoms with Gasteiger partial charge in [0.05, 0.1) is 5.56 Å². The van der Waals surface area contributed by atoms with Gasteiger partial charge in [-0.05, 0) is 18.2 Å². The fourth-order valence-electron chi connectivity index (χ4n) is 1.48. The molecule has 19 heavy (non-hydrogen) atoms. The molecule has 0 atom stereocenters. The number of aromatic carboxylic acids is 1. The van der Waals surface area contributed by atoms with Crippen molar-refractivity contribution < 1.29 is 19.4 Å². The molecule has 1 aromatic carbocycles. The Hall–Kier alpha value is -2.89. The molecule has 96 valence electrons. The molecule has 0 saturated carbocycles. The first-order valence-electron chi connectivity index (χ1n) is 5.34. The Bertz CT molecular complexity index is 640. The van der Waals surface area contributed by atoms with Crippen molar-refractivity contribution in [3.05, 3.63) is 53.9 Å². The first-order chi connectivity index (χ1) is 9.08. The van der Waals surface area contributed by atoms with E-state index >= 15 is 0 Å². The Morgan fingerprint density at radius 3 is 2.63 bits per heavy atom. The monoisotopic (exact) mass is 258 g/mol. The van der Waals surface area contributed by atoms with Crippen LogP contribution in [-0.2, 0) is 0 Å². The Kier molecular flexibility index (Phi) is 3.42. The molecule has 6 nitrogen and oxygen atoms in total. The van der Waals surface area contributed by atoms with Crippen LogP contribution in [0.3, 0.4) is 0 Å². The van der Waals surface area contributed by atoms with E-state index in [0.717, 1.165) is 0 Å². The first-order valence-corrected chi connectivity index (χ1v) is 5.34. The smallest absolute Gasteiger partial charge is 0.354 e. The van der Waals surface area contributed by atoms with E-state index in [-0.39, 0.29) is 22.8 Å². The van der Waals surface area contributed by atoms with Gasteiger partial charge in [0.1, 0.15) is 11.5 Å². The molecule has 0 fully saturated rings. The molecule has 0 aliphatic carbocycles. The number of nitrogens with zero attached hydrogens (tertiary/aromatic N) is 1. The van der Waals surface area contributed by atoms with Gasteiger partial charge in [0.15, 0.2) is 5.69 Å². The summed E-state index contributed by atoms with van der Waals surface area (Å²) in [6, 6.07) is 9.19. The Morgan fingerprint density at radius 1 is 1.21 bits per heavy atom. The number of benzene rings is 1. The molecule has 0 spiro atoms. The van der Waals surface area contributed by atoms with Crippen LogP contribution in [0.2, 0.25) is 0 Å². The highest BCUT2D eigenvalue weighted by Crippen LogP contribution is 2.25. The van der Waals surface area contributed by atoms with Crippen molar-refractivity contribution in [2.24, 2.45) is 5.73 Å². The van der Waals surface area contributed by atoms with Crippen LogP contribution in [0.5, 0.6) is 11.5 Å². The number of carbonyl (C=O) groups excluding carboxylic acids is 1. The minimum Gasteiger partial charge on any atom is -0.477 e. The van der Waals surface area contributed by atoms with Crippen LogP contribution in [0.15, 0.2) is 42.6 Å². The van der Waals surface area contributed by atoms with Crippen LogP contribution in [0.4, 0.5) is 0 Å². The summed E-state index contributed by atoms with van der Waals surface area (Å²) in [4.78, 5) is 25.7. The SMILES string of the molecule is NC(=O)c1ccccc1Oc1ccnc(C(=O)O)c1. The van der Waals surface area contributed by atoms with Crippen molar-refractivity contribution in [2.75, 3.05) is 0 Å². The van der Waals surface area contributed by atoms with Gasteiger partial charge in [-0.3, -0.25) is 4.79 Å². The molecular weight excluding hydrogens is 248 g/mol. The minimum atomic E-state index is -1.16. The van der Waals surface area contributed by atoms with E-state index in [1.807, 2.05) is 0 Å². The Morgan fingerprint density at radius 2 is 1.95 bits per heavy atom.